The van der Waals surface area contributed by atoms with E-state index in [2.05, 4.69) is 47.2 Å². The Bertz CT molecular complexity index is 705. The summed E-state index contributed by atoms with van der Waals surface area (Å²) in [5.74, 6) is 0.735. The molecule has 21 heavy (non-hydrogen) atoms. The van der Waals surface area contributed by atoms with Crippen molar-refractivity contribution in [2.45, 2.75) is 20.8 Å². The molecule has 110 valence electrons. The number of nitrogens with one attached hydrogen (secondary N) is 2. The molecule has 0 radical (unpaired) electrons. The zero-order valence-corrected chi connectivity index (χ0v) is 12.9. The SMILES string of the molecule is CCN1NNN=C1c1cnn(-c2ccc(C)cc2C)c1Cl. The van der Waals surface area contributed by atoms with E-state index in [1.807, 2.05) is 18.0 Å². The zero-order chi connectivity index (χ0) is 15.0. The number of halogens is 1. The summed E-state index contributed by atoms with van der Waals surface area (Å²) in [6, 6.07) is 6.19. The van der Waals surface area contributed by atoms with Crippen molar-refractivity contribution in [3.8, 4) is 5.69 Å². The van der Waals surface area contributed by atoms with Gasteiger partial charge in [-0.2, -0.15) is 5.10 Å². The van der Waals surface area contributed by atoms with Gasteiger partial charge in [-0.15, -0.1) is 10.6 Å². The van der Waals surface area contributed by atoms with Gasteiger partial charge in [0, 0.05) is 6.54 Å². The number of benzene rings is 1. The second-order valence-electron chi connectivity index (χ2n) is 4.95. The highest BCUT2D eigenvalue weighted by atomic mass is 35.5. The maximum atomic E-state index is 6.51. The number of hydrogen-bond acceptors (Lipinski definition) is 5. The Labute approximate surface area is 128 Å². The molecule has 3 rings (SSSR count). The molecule has 0 bridgehead atoms. The molecule has 1 aromatic carbocycles. The van der Waals surface area contributed by atoms with Gasteiger partial charge in [0.2, 0.25) is 0 Å². The smallest absolute Gasteiger partial charge is 0.177 e. The van der Waals surface area contributed by atoms with Gasteiger partial charge in [-0.3, -0.25) is 5.01 Å². The minimum Gasteiger partial charge on any atom is -0.271 e. The minimum atomic E-state index is 0.546. The number of hydrogen-bond donors (Lipinski definition) is 2. The fourth-order valence-corrected chi connectivity index (χ4v) is 2.65. The minimum absolute atomic E-state index is 0.546. The molecule has 0 atom stereocenters. The summed E-state index contributed by atoms with van der Waals surface area (Å²) in [5, 5.41) is 11.0. The molecule has 0 unspecified atom stereocenters. The molecular weight excluding hydrogens is 288 g/mol. The van der Waals surface area contributed by atoms with Crippen molar-refractivity contribution in [3.05, 3.63) is 46.2 Å². The average Bonchev–Trinajstić information content (AvgIpc) is 3.05. The summed E-state index contributed by atoms with van der Waals surface area (Å²) in [6.07, 6.45) is 1.73. The van der Waals surface area contributed by atoms with Gasteiger partial charge in [0.1, 0.15) is 5.15 Å². The lowest BCUT2D eigenvalue weighted by Crippen LogP contribution is -2.40. The van der Waals surface area contributed by atoms with Crippen LogP contribution in [-0.2, 0) is 0 Å². The van der Waals surface area contributed by atoms with Crippen LogP contribution in [0.3, 0.4) is 0 Å². The van der Waals surface area contributed by atoms with Crippen LogP contribution in [-0.4, -0.2) is 27.2 Å². The van der Waals surface area contributed by atoms with Gasteiger partial charge in [0.15, 0.2) is 5.84 Å². The molecule has 0 aliphatic carbocycles. The molecule has 1 aliphatic rings. The summed E-state index contributed by atoms with van der Waals surface area (Å²) in [4.78, 5) is 0. The largest absolute Gasteiger partial charge is 0.271 e. The maximum Gasteiger partial charge on any atom is 0.177 e. The number of nitrogens with zero attached hydrogens (tertiary/aromatic N) is 4. The van der Waals surface area contributed by atoms with Crippen LogP contribution >= 0.6 is 11.6 Å². The van der Waals surface area contributed by atoms with E-state index >= 15 is 0 Å². The summed E-state index contributed by atoms with van der Waals surface area (Å²) in [6.45, 7) is 6.90. The van der Waals surface area contributed by atoms with Crippen molar-refractivity contribution < 1.29 is 0 Å². The standard InChI is InChI=1S/C14H17ClN6/c1-4-20-14(17-18-19-20)11-8-16-21(13(11)15)12-6-5-9(2)7-10(12)3/h5-8,18-19H,4H2,1-3H3. The van der Waals surface area contributed by atoms with Crippen molar-refractivity contribution in [1.82, 2.24) is 25.9 Å². The summed E-state index contributed by atoms with van der Waals surface area (Å²) in [5.41, 5.74) is 9.77. The molecule has 0 saturated heterocycles. The Morgan fingerprint density at radius 1 is 1.29 bits per heavy atom. The average molecular weight is 305 g/mol. The molecule has 1 aromatic heterocycles. The van der Waals surface area contributed by atoms with Crippen molar-refractivity contribution in [2.75, 3.05) is 6.54 Å². The Kier molecular flexibility index (Phi) is 3.57. The molecule has 7 heteroatoms. The lowest BCUT2D eigenvalue weighted by Gasteiger charge is -2.15. The quantitative estimate of drug-likeness (QED) is 0.912. The summed E-state index contributed by atoms with van der Waals surface area (Å²) >= 11 is 6.51. The van der Waals surface area contributed by atoms with E-state index in [1.54, 1.807) is 10.9 Å². The van der Waals surface area contributed by atoms with Crippen LogP contribution in [0.15, 0.2) is 29.5 Å². The summed E-state index contributed by atoms with van der Waals surface area (Å²) in [7, 11) is 0. The zero-order valence-electron chi connectivity index (χ0n) is 12.2. The third kappa shape index (κ3) is 2.36. The third-order valence-corrected chi connectivity index (χ3v) is 3.81. The Morgan fingerprint density at radius 2 is 2.10 bits per heavy atom. The first kappa shape index (κ1) is 13.9. The number of hydrazine groups is 2. The molecule has 0 spiro atoms. The molecule has 0 amide bonds. The van der Waals surface area contributed by atoms with E-state index in [9.17, 15) is 0 Å². The predicted octanol–water partition coefficient (Wildman–Crippen LogP) is 2.15. The molecule has 2 N–H and O–H groups in total. The second kappa shape index (κ2) is 5.38. The molecule has 6 nitrogen and oxygen atoms in total. The van der Waals surface area contributed by atoms with Crippen LogP contribution in [0.1, 0.15) is 23.6 Å². The van der Waals surface area contributed by atoms with Crippen LogP contribution in [0.5, 0.6) is 0 Å². The predicted molar refractivity (Wildman–Crippen MR) is 83.2 cm³/mol. The lowest BCUT2D eigenvalue weighted by molar-refractivity contribution is 0.308. The third-order valence-electron chi connectivity index (χ3n) is 3.45. The van der Waals surface area contributed by atoms with E-state index < -0.39 is 0 Å². The Hall–Kier alpha value is -2.05. The van der Waals surface area contributed by atoms with Crippen LogP contribution in [0.25, 0.3) is 5.69 Å². The van der Waals surface area contributed by atoms with Crippen molar-refractivity contribution in [3.63, 3.8) is 0 Å². The normalized spacial score (nSPS) is 14.3. The van der Waals surface area contributed by atoms with Gasteiger partial charge >= 0.3 is 0 Å². The highest BCUT2D eigenvalue weighted by molar-refractivity contribution is 6.33. The second-order valence-corrected chi connectivity index (χ2v) is 5.31. The van der Waals surface area contributed by atoms with Crippen LogP contribution in [0.2, 0.25) is 5.15 Å². The molecule has 0 saturated carbocycles. The molecule has 2 aromatic rings. The van der Waals surface area contributed by atoms with Crippen LogP contribution < -0.4 is 11.1 Å². The number of hydrazone groups is 1. The molecule has 2 heterocycles. The molecule has 0 fully saturated rings. The van der Waals surface area contributed by atoms with Gasteiger partial charge < -0.3 is 0 Å². The number of aromatic nitrogens is 2. The van der Waals surface area contributed by atoms with Crippen molar-refractivity contribution in [2.24, 2.45) is 5.10 Å². The number of rotatable bonds is 3. The van der Waals surface area contributed by atoms with Gasteiger partial charge in [0.05, 0.1) is 17.4 Å². The number of amidine groups is 1. The fourth-order valence-electron chi connectivity index (χ4n) is 2.38. The Morgan fingerprint density at radius 3 is 2.81 bits per heavy atom. The van der Waals surface area contributed by atoms with Gasteiger partial charge in [-0.05, 0) is 32.4 Å². The molecular formula is C14H17ClN6. The maximum absolute atomic E-state index is 6.51. The van der Waals surface area contributed by atoms with Gasteiger partial charge in [0.25, 0.3) is 0 Å². The van der Waals surface area contributed by atoms with Crippen molar-refractivity contribution >= 4 is 17.4 Å². The first-order chi connectivity index (χ1) is 10.1. The van der Waals surface area contributed by atoms with E-state index in [1.165, 1.54) is 5.56 Å². The monoisotopic (exact) mass is 304 g/mol. The van der Waals surface area contributed by atoms with E-state index in [-0.39, 0.29) is 0 Å². The van der Waals surface area contributed by atoms with Crippen molar-refractivity contribution in [1.29, 1.82) is 0 Å². The number of aryl methyl sites for hydroxylation is 2. The molecule has 1 aliphatic heterocycles. The van der Waals surface area contributed by atoms with Gasteiger partial charge in [-0.25, -0.2) is 10.2 Å². The highest BCUT2D eigenvalue weighted by Gasteiger charge is 2.23. The fraction of sp³-hybridized carbons (Fsp3) is 0.286. The summed E-state index contributed by atoms with van der Waals surface area (Å²) < 4.78 is 1.74. The van der Waals surface area contributed by atoms with Gasteiger partial charge in [-0.1, -0.05) is 29.3 Å². The lowest BCUT2D eigenvalue weighted by atomic mass is 10.1. The topological polar surface area (TPSA) is 57.5 Å². The first-order valence-electron chi connectivity index (χ1n) is 6.79. The Balaban J connectivity index is 2.03. The van der Waals surface area contributed by atoms with E-state index in [0.717, 1.165) is 29.2 Å². The van der Waals surface area contributed by atoms with E-state index in [4.69, 9.17) is 11.6 Å². The van der Waals surface area contributed by atoms with E-state index in [0.29, 0.717) is 5.15 Å². The highest BCUT2D eigenvalue weighted by Crippen LogP contribution is 2.24. The van der Waals surface area contributed by atoms with Crippen LogP contribution in [0.4, 0.5) is 0 Å². The first-order valence-corrected chi connectivity index (χ1v) is 7.17. The van der Waals surface area contributed by atoms with Crippen LogP contribution in [0, 0.1) is 13.8 Å².